The van der Waals surface area contributed by atoms with E-state index in [1.807, 2.05) is 18.2 Å². The van der Waals surface area contributed by atoms with Crippen LogP contribution < -0.4 is 5.32 Å². The van der Waals surface area contributed by atoms with Gasteiger partial charge < -0.3 is 10.4 Å². The molecular weight excluding hydrogens is 270 g/mol. The van der Waals surface area contributed by atoms with Crippen LogP contribution in [-0.2, 0) is 6.54 Å². The summed E-state index contributed by atoms with van der Waals surface area (Å²) in [6.07, 6.45) is 5.88. The molecule has 106 valence electrons. The number of hydrogen-bond acceptors (Lipinski definition) is 5. The van der Waals surface area contributed by atoms with Crippen molar-refractivity contribution in [2.45, 2.75) is 44.4 Å². The molecule has 0 aromatic carbocycles. The molecule has 1 aliphatic carbocycles. The molecule has 1 fully saturated rings. The van der Waals surface area contributed by atoms with Crippen molar-refractivity contribution in [2.24, 2.45) is 0 Å². The van der Waals surface area contributed by atoms with Crippen LogP contribution in [0, 0.1) is 0 Å². The molecule has 0 radical (unpaired) electrons. The Bertz CT molecular complexity index is 543. The molecule has 0 saturated heterocycles. The zero-order valence-electron chi connectivity index (χ0n) is 11.3. The second kappa shape index (κ2) is 6.43. The van der Waals surface area contributed by atoms with Gasteiger partial charge in [0.15, 0.2) is 0 Å². The molecule has 5 heteroatoms. The Morgan fingerprint density at radius 3 is 3.00 bits per heavy atom. The fourth-order valence-electron chi connectivity index (χ4n) is 2.58. The highest BCUT2D eigenvalue weighted by Crippen LogP contribution is 2.22. The zero-order chi connectivity index (χ0) is 13.8. The van der Waals surface area contributed by atoms with Gasteiger partial charge in [0.2, 0.25) is 0 Å². The number of aliphatic hydroxyl groups is 1. The number of thiazole rings is 1. The molecule has 0 bridgehead atoms. The van der Waals surface area contributed by atoms with Crippen molar-refractivity contribution in [3.05, 3.63) is 35.5 Å². The van der Waals surface area contributed by atoms with E-state index in [1.165, 1.54) is 6.42 Å². The van der Waals surface area contributed by atoms with Gasteiger partial charge in [-0.2, -0.15) is 0 Å². The summed E-state index contributed by atoms with van der Waals surface area (Å²) in [5, 5.41) is 16.4. The van der Waals surface area contributed by atoms with Crippen LogP contribution in [0.1, 0.15) is 31.4 Å². The molecule has 0 aliphatic heterocycles. The molecule has 0 amide bonds. The van der Waals surface area contributed by atoms with Gasteiger partial charge in [-0.15, -0.1) is 11.3 Å². The summed E-state index contributed by atoms with van der Waals surface area (Å²) in [4.78, 5) is 8.91. The van der Waals surface area contributed by atoms with Crippen LogP contribution >= 0.6 is 11.3 Å². The smallest absolute Gasteiger partial charge is 0.142 e. The summed E-state index contributed by atoms with van der Waals surface area (Å²) in [5.74, 6) is 0. The van der Waals surface area contributed by atoms with E-state index < -0.39 is 0 Å². The van der Waals surface area contributed by atoms with E-state index in [-0.39, 0.29) is 12.1 Å². The third-order valence-electron chi connectivity index (χ3n) is 3.71. The molecule has 0 spiro atoms. The lowest BCUT2D eigenvalue weighted by atomic mass is 9.92. The lowest BCUT2D eigenvalue weighted by Gasteiger charge is -2.28. The average molecular weight is 289 g/mol. The molecule has 2 aromatic rings. The number of nitrogens with one attached hydrogen (secondary N) is 1. The average Bonchev–Trinajstić information content (AvgIpc) is 2.96. The summed E-state index contributed by atoms with van der Waals surface area (Å²) in [6.45, 7) is 0.713. The highest BCUT2D eigenvalue weighted by atomic mass is 32.1. The van der Waals surface area contributed by atoms with Crippen LogP contribution in [0.5, 0.6) is 0 Å². The maximum Gasteiger partial charge on any atom is 0.142 e. The third kappa shape index (κ3) is 3.23. The highest BCUT2D eigenvalue weighted by Gasteiger charge is 2.22. The van der Waals surface area contributed by atoms with Crippen molar-refractivity contribution in [3.8, 4) is 10.7 Å². The normalized spacial score (nSPS) is 22.9. The number of aromatic nitrogens is 2. The Kier molecular flexibility index (Phi) is 4.40. The highest BCUT2D eigenvalue weighted by molar-refractivity contribution is 7.13. The molecule has 2 atom stereocenters. The molecule has 2 aromatic heterocycles. The molecule has 20 heavy (non-hydrogen) atoms. The fraction of sp³-hybridized carbons (Fsp3) is 0.467. The van der Waals surface area contributed by atoms with Crippen molar-refractivity contribution in [3.63, 3.8) is 0 Å². The monoisotopic (exact) mass is 289 g/mol. The maximum absolute atomic E-state index is 9.94. The summed E-state index contributed by atoms with van der Waals surface area (Å²) in [7, 11) is 0. The van der Waals surface area contributed by atoms with Gasteiger partial charge in [-0.1, -0.05) is 18.9 Å². The van der Waals surface area contributed by atoms with Crippen LogP contribution in [0.2, 0.25) is 0 Å². The fourth-order valence-corrected chi connectivity index (χ4v) is 3.38. The van der Waals surface area contributed by atoms with E-state index >= 15 is 0 Å². The van der Waals surface area contributed by atoms with Crippen LogP contribution in [0.4, 0.5) is 0 Å². The Morgan fingerprint density at radius 1 is 1.30 bits per heavy atom. The minimum atomic E-state index is -0.211. The van der Waals surface area contributed by atoms with Crippen LogP contribution in [0.3, 0.4) is 0 Å². The number of hydrogen-bond donors (Lipinski definition) is 2. The minimum Gasteiger partial charge on any atom is -0.392 e. The Morgan fingerprint density at radius 2 is 2.20 bits per heavy atom. The van der Waals surface area contributed by atoms with E-state index in [9.17, 15) is 5.11 Å². The number of aliphatic hydroxyl groups excluding tert-OH is 1. The van der Waals surface area contributed by atoms with E-state index in [4.69, 9.17) is 0 Å². The summed E-state index contributed by atoms with van der Waals surface area (Å²) >= 11 is 1.61. The third-order valence-corrected chi connectivity index (χ3v) is 4.62. The summed E-state index contributed by atoms with van der Waals surface area (Å²) in [5.41, 5.74) is 1.94. The van der Waals surface area contributed by atoms with Gasteiger partial charge in [0.05, 0.1) is 17.5 Å². The van der Waals surface area contributed by atoms with E-state index in [0.717, 1.165) is 35.7 Å². The van der Waals surface area contributed by atoms with Crippen molar-refractivity contribution >= 4 is 11.3 Å². The van der Waals surface area contributed by atoms with Crippen molar-refractivity contribution in [2.75, 3.05) is 0 Å². The lowest BCUT2D eigenvalue weighted by Crippen LogP contribution is -2.41. The predicted octanol–water partition coefficient (Wildman–Crippen LogP) is 2.60. The van der Waals surface area contributed by atoms with Gasteiger partial charge in [0.25, 0.3) is 0 Å². The standard InChI is InChI=1S/C15H19N3OS/c19-14-7-2-1-5-12(14)17-9-11-10-20-15(18-11)13-6-3-4-8-16-13/h3-4,6,8,10,12,14,17,19H,1-2,5,7,9H2. The van der Waals surface area contributed by atoms with E-state index in [0.29, 0.717) is 6.54 Å². The molecule has 1 saturated carbocycles. The van der Waals surface area contributed by atoms with Crippen LogP contribution in [-0.4, -0.2) is 27.2 Å². The first kappa shape index (κ1) is 13.7. The van der Waals surface area contributed by atoms with E-state index in [1.54, 1.807) is 17.5 Å². The molecule has 2 N–H and O–H groups in total. The summed E-state index contributed by atoms with van der Waals surface area (Å²) < 4.78 is 0. The second-order valence-electron chi connectivity index (χ2n) is 5.20. The van der Waals surface area contributed by atoms with Crippen molar-refractivity contribution < 1.29 is 5.11 Å². The Labute approximate surface area is 122 Å². The quantitative estimate of drug-likeness (QED) is 0.908. The Balaban J connectivity index is 1.60. The number of pyridine rings is 1. The van der Waals surface area contributed by atoms with Gasteiger partial charge in [-0.25, -0.2) is 4.98 Å². The van der Waals surface area contributed by atoms with Gasteiger partial charge in [0.1, 0.15) is 5.01 Å². The minimum absolute atomic E-state index is 0.211. The van der Waals surface area contributed by atoms with Crippen molar-refractivity contribution in [1.29, 1.82) is 0 Å². The van der Waals surface area contributed by atoms with Gasteiger partial charge >= 0.3 is 0 Å². The van der Waals surface area contributed by atoms with Gasteiger partial charge in [0, 0.05) is 24.2 Å². The van der Waals surface area contributed by atoms with Crippen LogP contribution in [0.15, 0.2) is 29.8 Å². The van der Waals surface area contributed by atoms with Gasteiger partial charge in [-0.05, 0) is 25.0 Å². The van der Waals surface area contributed by atoms with E-state index in [2.05, 4.69) is 20.7 Å². The molecule has 4 nitrogen and oxygen atoms in total. The van der Waals surface area contributed by atoms with Crippen LogP contribution in [0.25, 0.3) is 10.7 Å². The predicted molar refractivity (Wildman–Crippen MR) is 80.4 cm³/mol. The number of rotatable bonds is 4. The zero-order valence-corrected chi connectivity index (χ0v) is 12.1. The van der Waals surface area contributed by atoms with Crippen molar-refractivity contribution in [1.82, 2.24) is 15.3 Å². The molecular formula is C15H19N3OS. The maximum atomic E-state index is 9.94. The first-order valence-corrected chi connectivity index (χ1v) is 7.98. The molecule has 3 rings (SSSR count). The second-order valence-corrected chi connectivity index (χ2v) is 6.06. The number of nitrogens with zero attached hydrogens (tertiary/aromatic N) is 2. The first-order chi connectivity index (χ1) is 9.83. The topological polar surface area (TPSA) is 58.0 Å². The lowest BCUT2D eigenvalue weighted by molar-refractivity contribution is 0.0901. The Hall–Kier alpha value is -1.30. The largest absolute Gasteiger partial charge is 0.392 e. The molecule has 2 unspecified atom stereocenters. The first-order valence-electron chi connectivity index (χ1n) is 7.10. The molecule has 2 heterocycles. The SMILES string of the molecule is OC1CCCCC1NCc1csc(-c2ccccn2)n1. The molecule has 1 aliphatic rings. The van der Waals surface area contributed by atoms with Gasteiger partial charge in [-0.3, -0.25) is 4.98 Å². The summed E-state index contributed by atoms with van der Waals surface area (Å²) in [6, 6.07) is 6.06.